The number of hydrogen-bond acceptors (Lipinski definition) is 8. The lowest BCUT2D eigenvalue weighted by Crippen LogP contribution is -2.49. The van der Waals surface area contributed by atoms with Crippen LogP contribution in [0.15, 0.2) is 28.8 Å². The molecule has 0 aliphatic heterocycles. The first kappa shape index (κ1) is 18.5. The third kappa shape index (κ3) is 4.38. The molecule has 1 aromatic heterocycles. The standard InChI is InChI=1S/C16H20N4O5/c1-4-9-16(2,15(21)24-3)17-10-13-18-14(19-25-13)11-5-7-12(8-6-11)20(22)23/h5-8,17H,4,9-10H2,1-3H3/t16-/m1/s1. The number of benzene rings is 1. The van der Waals surface area contributed by atoms with Crippen LogP contribution in [-0.2, 0) is 16.1 Å². The highest BCUT2D eigenvalue weighted by molar-refractivity contribution is 5.80. The zero-order valence-electron chi connectivity index (χ0n) is 14.3. The van der Waals surface area contributed by atoms with Gasteiger partial charge in [0.1, 0.15) is 5.54 Å². The first-order valence-corrected chi connectivity index (χ1v) is 7.80. The van der Waals surface area contributed by atoms with Crippen molar-refractivity contribution < 1.29 is 19.0 Å². The van der Waals surface area contributed by atoms with Gasteiger partial charge in [-0.15, -0.1) is 0 Å². The average Bonchev–Trinajstić information content (AvgIpc) is 3.08. The molecule has 0 saturated carbocycles. The van der Waals surface area contributed by atoms with E-state index in [2.05, 4.69) is 15.5 Å². The summed E-state index contributed by atoms with van der Waals surface area (Å²) in [7, 11) is 1.34. The van der Waals surface area contributed by atoms with Crippen molar-refractivity contribution in [2.45, 2.75) is 38.8 Å². The number of non-ortho nitro benzene ring substituents is 1. The zero-order chi connectivity index (χ0) is 18.4. The molecular weight excluding hydrogens is 328 g/mol. The number of aromatic nitrogens is 2. The van der Waals surface area contributed by atoms with E-state index in [0.29, 0.717) is 23.7 Å². The first-order valence-electron chi connectivity index (χ1n) is 7.80. The minimum Gasteiger partial charge on any atom is -0.468 e. The molecule has 0 amide bonds. The van der Waals surface area contributed by atoms with Crippen LogP contribution in [-0.4, -0.2) is 33.7 Å². The molecule has 0 radical (unpaired) electrons. The van der Waals surface area contributed by atoms with Crippen LogP contribution in [0, 0.1) is 10.1 Å². The van der Waals surface area contributed by atoms with Gasteiger partial charge >= 0.3 is 5.97 Å². The molecule has 1 atom stereocenters. The van der Waals surface area contributed by atoms with Gasteiger partial charge in [-0.05, 0) is 25.5 Å². The summed E-state index contributed by atoms with van der Waals surface area (Å²) in [5.41, 5.74) is -0.252. The Bertz CT molecular complexity index is 743. The van der Waals surface area contributed by atoms with E-state index >= 15 is 0 Å². The summed E-state index contributed by atoms with van der Waals surface area (Å²) in [5.74, 6) is 0.269. The molecule has 0 saturated heterocycles. The number of carbonyl (C=O) groups excluding carboxylic acids is 1. The molecule has 0 spiro atoms. The summed E-state index contributed by atoms with van der Waals surface area (Å²) in [4.78, 5) is 26.4. The lowest BCUT2D eigenvalue weighted by molar-refractivity contribution is -0.384. The van der Waals surface area contributed by atoms with Gasteiger partial charge in [0, 0.05) is 17.7 Å². The monoisotopic (exact) mass is 348 g/mol. The number of nitrogens with one attached hydrogen (secondary N) is 1. The molecule has 0 fully saturated rings. The summed E-state index contributed by atoms with van der Waals surface area (Å²) >= 11 is 0. The Morgan fingerprint density at radius 2 is 2.08 bits per heavy atom. The highest BCUT2D eigenvalue weighted by Gasteiger charge is 2.33. The van der Waals surface area contributed by atoms with E-state index in [0.717, 1.165) is 6.42 Å². The Labute approximate surface area is 144 Å². The quantitative estimate of drug-likeness (QED) is 0.439. The van der Waals surface area contributed by atoms with Crippen molar-refractivity contribution in [1.29, 1.82) is 0 Å². The third-order valence-corrected chi connectivity index (χ3v) is 3.82. The lowest BCUT2D eigenvalue weighted by Gasteiger charge is -2.26. The molecule has 0 bridgehead atoms. The molecule has 1 heterocycles. The van der Waals surface area contributed by atoms with E-state index in [1.54, 1.807) is 19.1 Å². The molecule has 2 aromatic rings. The largest absolute Gasteiger partial charge is 0.468 e. The van der Waals surface area contributed by atoms with Gasteiger partial charge in [-0.3, -0.25) is 20.2 Å². The van der Waals surface area contributed by atoms with Crippen LogP contribution < -0.4 is 5.32 Å². The van der Waals surface area contributed by atoms with Crippen LogP contribution in [0.2, 0.25) is 0 Å². The summed E-state index contributed by atoms with van der Waals surface area (Å²) in [6, 6.07) is 5.85. The van der Waals surface area contributed by atoms with Crippen molar-refractivity contribution in [2.24, 2.45) is 0 Å². The topological polar surface area (TPSA) is 120 Å². The average molecular weight is 348 g/mol. The molecule has 2 rings (SSSR count). The minimum atomic E-state index is -0.842. The molecule has 9 heteroatoms. The van der Waals surface area contributed by atoms with Crippen LogP contribution in [0.1, 0.15) is 32.6 Å². The second-order valence-electron chi connectivity index (χ2n) is 5.74. The molecule has 1 aromatic carbocycles. The number of nitrogens with zero attached hydrogens (tertiary/aromatic N) is 3. The van der Waals surface area contributed by atoms with E-state index in [1.807, 2.05) is 6.92 Å². The Hall–Kier alpha value is -2.81. The third-order valence-electron chi connectivity index (χ3n) is 3.82. The van der Waals surface area contributed by atoms with E-state index < -0.39 is 10.5 Å². The van der Waals surface area contributed by atoms with E-state index in [1.165, 1.54) is 19.2 Å². The lowest BCUT2D eigenvalue weighted by atomic mass is 9.96. The minimum absolute atomic E-state index is 0.0115. The van der Waals surface area contributed by atoms with E-state index in [4.69, 9.17) is 9.26 Å². The SMILES string of the molecule is CCC[C@@](C)(NCc1nc(-c2ccc([N+](=O)[O-])cc2)no1)C(=O)OC. The normalized spacial score (nSPS) is 13.2. The fourth-order valence-electron chi connectivity index (χ4n) is 2.43. The molecule has 0 unspecified atom stereocenters. The summed E-state index contributed by atoms with van der Waals surface area (Å²) in [6.07, 6.45) is 1.40. The number of nitro benzene ring substituents is 1. The first-order chi connectivity index (χ1) is 11.9. The van der Waals surface area contributed by atoms with Gasteiger partial charge in [0.05, 0.1) is 18.6 Å². The van der Waals surface area contributed by atoms with Crippen LogP contribution in [0.5, 0.6) is 0 Å². The number of esters is 1. The van der Waals surface area contributed by atoms with Crippen LogP contribution in [0.4, 0.5) is 5.69 Å². The van der Waals surface area contributed by atoms with Crippen molar-refractivity contribution in [2.75, 3.05) is 7.11 Å². The fraction of sp³-hybridized carbons (Fsp3) is 0.438. The molecule has 0 aliphatic carbocycles. The Morgan fingerprint density at radius 3 is 2.64 bits per heavy atom. The van der Waals surface area contributed by atoms with E-state index in [9.17, 15) is 14.9 Å². The maximum Gasteiger partial charge on any atom is 0.325 e. The molecular formula is C16H20N4O5. The van der Waals surface area contributed by atoms with Crippen LogP contribution >= 0.6 is 0 Å². The highest BCUT2D eigenvalue weighted by atomic mass is 16.6. The Kier molecular flexibility index (Phi) is 5.81. The molecule has 25 heavy (non-hydrogen) atoms. The number of hydrogen-bond donors (Lipinski definition) is 1. The van der Waals surface area contributed by atoms with Gasteiger partial charge in [0.25, 0.3) is 5.69 Å². The van der Waals surface area contributed by atoms with E-state index in [-0.39, 0.29) is 18.2 Å². The van der Waals surface area contributed by atoms with Gasteiger partial charge in [-0.2, -0.15) is 4.98 Å². The second-order valence-corrected chi connectivity index (χ2v) is 5.74. The number of rotatable bonds is 8. The van der Waals surface area contributed by atoms with Gasteiger partial charge < -0.3 is 9.26 Å². The predicted octanol–water partition coefficient (Wildman–Crippen LogP) is 2.47. The van der Waals surface area contributed by atoms with Crippen LogP contribution in [0.3, 0.4) is 0 Å². The molecule has 9 nitrogen and oxygen atoms in total. The van der Waals surface area contributed by atoms with Crippen molar-refractivity contribution >= 4 is 11.7 Å². The summed E-state index contributed by atoms with van der Waals surface area (Å²) < 4.78 is 10.0. The summed E-state index contributed by atoms with van der Waals surface area (Å²) in [5, 5.41) is 17.6. The Morgan fingerprint density at radius 1 is 1.40 bits per heavy atom. The van der Waals surface area contributed by atoms with Crippen molar-refractivity contribution in [3.05, 3.63) is 40.3 Å². The number of carbonyl (C=O) groups is 1. The number of methoxy groups -OCH3 is 1. The molecule has 1 N–H and O–H groups in total. The van der Waals surface area contributed by atoms with Crippen molar-refractivity contribution in [1.82, 2.24) is 15.5 Å². The van der Waals surface area contributed by atoms with Crippen LogP contribution in [0.25, 0.3) is 11.4 Å². The molecule has 134 valence electrons. The van der Waals surface area contributed by atoms with Crippen molar-refractivity contribution in [3.8, 4) is 11.4 Å². The zero-order valence-corrected chi connectivity index (χ0v) is 14.3. The maximum absolute atomic E-state index is 12.0. The van der Waals surface area contributed by atoms with Gasteiger partial charge in [-0.1, -0.05) is 18.5 Å². The number of ether oxygens (including phenoxy) is 1. The highest BCUT2D eigenvalue weighted by Crippen LogP contribution is 2.20. The smallest absolute Gasteiger partial charge is 0.325 e. The maximum atomic E-state index is 12.0. The number of nitro groups is 1. The second kappa shape index (κ2) is 7.84. The summed E-state index contributed by atoms with van der Waals surface area (Å²) in [6.45, 7) is 3.93. The van der Waals surface area contributed by atoms with Crippen molar-refractivity contribution in [3.63, 3.8) is 0 Å². The Balaban J connectivity index is 2.08. The molecule has 0 aliphatic rings. The van der Waals surface area contributed by atoms with Gasteiger partial charge in [0.15, 0.2) is 0 Å². The fourth-order valence-corrected chi connectivity index (χ4v) is 2.43. The predicted molar refractivity (Wildman–Crippen MR) is 88.6 cm³/mol. The van der Waals surface area contributed by atoms with Gasteiger partial charge in [-0.25, -0.2) is 0 Å². The van der Waals surface area contributed by atoms with Gasteiger partial charge in [0.2, 0.25) is 11.7 Å².